The Hall–Kier alpha value is -1.53. The monoisotopic (exact) mass is 236 g/mol. The van der Waals surface area contributed by atoms with E-state index in [0.29, 0.717) is 17.1 Å². The molecule has 0 aromatic heterocycles. The maximum Gasteiger partial charge on any atom is 0.251 e. The Balaban J connectivity index is 2.74. The Morgan fingerprint density at radius 3 is 2.94 bits per heavy atom. The number of halogens is 1. The number of benzene rings is 1. The van der Waals surface area contributed by atoms with E-state index in [-0.39, 0.29) is 11.8 Å². The smallest absolute Gasteiger partial charge is 0.251 e. The number of hydrogen-bond acceptors (Lipinski definition) is 2. The van der Waals surface area contributed by atoms with Crippen molar-refractivity contribution in [1.29, 1.82) is 5.26 Å². The third-order valence-corrected chi connectivity index (χ3v) is 2.47. The van der Waals surface area contributed by atoms with Gasteiger partial charge in [0, 0.05) is 17.1 Å². The molecule has 16 heavy (non-hydrogen) atoms. The molecule has 1 amide bonds. The summed E-state index contributed by atoms with van der Waals surface area (Å²) in [6.45, 7) is 3.95. The number of nitrogens with zero attached hydrogens (tertiary/aromatic N) is 1. The largest absolute Gasteiger partial charge is 0.351 e. The number of carbonyl (C=O) groups is 1. The second-order valence-electron chi connectivity index (χ2n) is 3.70. The molecule has 0 saturated heterocycles. The number of rotatable bonds is 3. The van der Waals surface area contributed by atoms with Gasteiger partial charge in [-0.15, -0.1) is 0 Å². The molecular weight excluding hydrogens is 224 g/mol. The highest BCUT2D eigenvalue weighted by Gasteiger charge is 2.10. The van der Waals surface area contributed by atoms with E-state index in [0.717, 1.165) is 5.56 Å². The van der Waals surface area contributed by atoms with Crippen LogP contribution in [0.15, 0.2) is 18.2 Å². The summed E-state index contributed by atoms with van der Waals surface area (Å²) in [7, 11) is 0. The van der Waals surface area contributed by atoms with Crippen LogP contribution in [0.2, 0.25) is 5.02 Å². The molecule has 1 N–H and O–H groups in total. The van der Waals surface area contributed by atoms with E-state index in [2.05, 4.69) is 11.4 Å². The Morgan fingerprint density at radius 1 is 1.62 bits per heavy atom. The van der Waals surface area contributed by atoms with E-state index in [4.69, 9.17) is 16.9 Å². The van der Waals surface area contributed by atoms with E-state index >= 15 is 0 Å². The number of nitrogens with one attached hydrogen (secondary N) is 1. The zero-order valence-corrected chi connectivity index (χ0v) is 10.0. The van der Waals surface area contributed by atoms with Crippen LogP contribution in [0.5, 0.6) is 0 Å². The SMILES string of the molecule is Cc1ccc(Cl)cc1C(=O)NCC(C)C#N. The first-order chi connectivity index (χ1) is 7.54. The van der Waals surface area contributed by atoms with Crippen molar-refractivity contribution in [2.75, 3.05) is 6.54 Å². The highest BCUT2D eigenvalue weighted by atomic mass is 35.5. The molecule has 0 fully saturated rings. The fraction of sp³-hybridized carbons (Fsp3) is 0.333. The van der Waals surface area contributed by atoms with E-state index < -0.39 is 0 Å². The first-order valence-corrected chi connectivity index (χ1v) is 5.36. The minimum atomic E-state index is -0.192. The number of hydrogen-bond donors (Lipinski definition) is 1. The molecule has 84 valence electrons. The van der Waals surface area contributed by atoms with Crippen LogP contribution < -0.4 is 5.32 Å². The number of nitriles is 1. The maximum absolute atomic E-state index is 11.8. The number of amides is 1. The van der Waals surface area contributed by atoms with Crippen LogP contribution in [0, 0.1) is 24.2 Å². The molecule has 3 nitrogen and oxygen atoms in total. The zero-order valence-electron chi connectivity index (χ0n) is 9.25. The highest BCUT2D eigenvalue weighted by molar-refractivity contribution is 6.31. The second-order valence-corrected chi connectivity index (χ2v) is 4.14. The molecular formula is C12H13ClN2O. The van der Waals surface area contributed by atoms with Crippen molar-refractivity contribution in [1.82, 2.24) is 5.32 Å². The predicted octanol–water partition coefficient (Wildman–Crippen LogP) is 2.54. The Kier molecular flexibility index (Phi) is 4.33. The average Bonchev–Trinajstić information content (AvgIpc) is 2.28. The van der Waals surface area contributed by atoms with Crippen molar-refractivity contribution in [3.63, 3.8) is 0 Å². The summed E-state index contributed by atoms with van der Waals surface area (Å²) in [5.74, 6) is -0.384. The minimum absolute atomic E-state index is 0.191. The fourth-order valence-electron chi connectivity index (χ4n) is 1.23. The highest BCUT2D eigenvalue weighted by Crippen LogP contribution is 2.15. The van der Waals surface area contributed by atoms with E-state index in [1.807, 2.05) is 6.92 Å². The second kappa shape index (κ2) is 5.53. The zero-order chi connectivity index (χ0) is 12.1. The summed E-state index contributed by atoms with van der Waals surface area (Å²) >= 11 is 5.82. The van der Waals surface area contributed by atoms with Crippen LogP contribution in [0.1, 0.15) is 22.8 Å². The van der Waals surface area contributed by atoms with Crippen LogP contribution >= 0.6 is 11.6 Å². The summed E-state index contributed by atoms with van der Waals surface area (Å²) in [4.78, 5) is 11.8. The van der Waals surface area contributed by atoms with Gasteiger partial charge in [-0.05, 0) is 31.5 Å². The standard InChI is InChI=1S/C12H13ClN2O/c1-8(6-14)7-15-12(16)11-5-10(13)4-3-9(11)2/h3-5,8H,7H2,1-2H3,(H,15,16). The van der Waals surface area contributed by atoms with Gasteiger partial charge in [0.2, 0.25) is 0 Å². The molecule has 0 heterocycles. The molecule has 4 heteroatoms. The molecule has 1 aromatic carbocycles. The van der Waals surface area contributed by atoms with Gasteiger partial charge < -0.3 is 5.32 Å². The lowest BCUT2D eigenvalue weighted by Crippen LogP contribution is -2.28. The van der Waals surface area contributed by atoms with Gasteiger partial charge >= 0.3 is 0 Å². The lowest BCUT2D eigenvalue weighted by atomic mass is 10.1. The Bertz CT molecular complexity index is 437. The van der Waals surface area contributed by atoms with Gasteiger partial charge in [-0.3, -0.25) is 4.79 Å². The molecule has 0 spiro atoms. The molecule has 0 aliphatic heterocycles. The third kappa shape index (κ3) is 3.25. The molecule has 0 radical (unpaired) electrons. The molecule has 0 aliphatic rings. The molecule has 1 atom stereocenters. The molecule has 1 aromatic rings. The summed E-state index contributed by atoms with van der Waals surface area (Å²) in [6.07, 6.45) is 0. The van der Waals surface area contributed by atoms with Crippen LogP contribution in [-0.4, -0.2) is 12.5 Å². The lowest BCUT2D eigenvalue weighted by Gasteiger charge is -2.08. The van der Waals surface area contributed by atoms with Gasteiger partial charge in [0.1, 0.15) is 0 Å². The van der Waals surface area contributed by atoms with Gasteiger partial charge in [-0.2, -0.15) is 5.26 Å². The van der Waals surface area contributed by atoms with Gasteiger partial charge in [-0.25, -0.2) is 0 Å². The van der Waals surface area contributed by atoms with Crippen LogP contribution in [0.25, 0.3) is 0 Å². The number of carbonyl (C=O) groups excluding carboxylic acids is 1. The van der Waals surface area contributed by atoms with Crippen LogP contribution in [0.4, 0.5) is 0 Å². The van der Waals surface area contributed by atoms with Gasteiger partial charge in [-0.1, -0.05) is 17.7 Å². The van der Waals surface area contributed by atoms with Crippen molar-refractivity contribution >= 4 is 17.5 Å². The summed E-state index contributed by atoms with van der Waals surface area (Å²) in [5.41, 5.74) is 1.42. The van der Waals surface area contributed by atoms with Crippen LogP contribution in [-0.2, 0) is 0 Å². The number of aryl methyl sites for hydroxylation is 1. The van der Waals surface area contributed by atoms with Gasteiger partial charge in [0.05, 0.1) is 12.0 Å². The fourth-order valence-corrected chi connectivity index (χ4v) is 1.40. The normalized spacial score (nSPS) is 11.6. The maximum atomic E-state index is 11.8. The van der Waals surface area contributed by atoms with Crippen molar-refractivity contribution in [2.45, 2.75) is 13.8 Å². The summed E-state index contributed by atoms with van der Waals surface area (Å²) in [6, 6.07) is 7.22. The van der Waals surface area contributed by atoms with Crippen molar-refractivity contribution < 1.29 is 4.79 Å². The Labute approximate surface area is 100 Å². The molecule has 1 rings (SSSR count). The average molecular weight is 237 g/mol. The first-order valence-electron chi connectivity index (χ1n) is 4.98. The molecule has 0 bridgehead atoms. The topological polar surface area (TPSA) is 52.9 Å². The summed E-state index contributed by atoms with van der Waals surface area (Å²) in [5, 5.41) is 11.8. The molecule has 0 aliphatic carbocycles. The minimum Gasteiger partial charge on any atom is -0.351 e. The van der Waals surface area contributed by atoms with Gasteiger partial charge in [0.25, 0.3) is 5.91 Å². The van der Waals surface area contributed by atoms with Crippen molar-refractivity contribution in [2.24, 2.45) is 5.92 Å². The molecule has 1 unspecified atom stereocenters. The third-order valence-electron chi connectivity index (χ3n) is 2.23. The van der Waals surface area contributed by atoms with Crippen molar-refractivity contribution in [3.05, 3.63) is 34.3 Å². The van der Waals surface area contributed by atoms with Crippen molar-refractivity contribution in [3.8, 4) is 6.07 Å². The quantitative estimate of drug-likeness (QED) is 0.877. The lowest BCUT2D eigenvalue weighted by molar-refractivity contribution is 0.0950. The van der Waals surface area contributed by atoms with E-state index in [1.54, 1.807) is 25.1 Å². The predicted molar refractivity (Wildman–Crippen MR) is 63.3 cm³/mol. The van der Waals surface area contributed by atoms with Gasteiger partial charge in [0.15, 0.2) is 0 Å². The van der Waals surface area contributed by atoms with E-state index in [1.165, 1.54) is 0 Å². The summed E-state index contributed by atoms with van der Waals surface area (Å²) < 4.78 is 0. The molecule has 0 saturated carbocycles. The Morgan fingerprint density at radius 2 is 2.31 bits per heavy atom. The first kappa shape index (κ1) is 12.5. The van der Waals surface area contributed by atoms with E-state index in [9.17, 15) is 4.79 Å². The van der Waals surface area contributed by atoms with Crippen LogP contribution in [0.3, 0.4) is 0 Å².